The van der Waals surface area contributed by atoms with E-state index >= 15 is 0 Å². The van der Waals surface area contributed by atoms with Crippen LogP contribution in [0.4, 0.5) is 23.8 Å². The van der Waals surface area contributed by atoms with Crippen LogP contribution < -0.4 is 10.6 Å². The van der Waals surface area contributed by atoms with Gasteiger partial charge in [0.2, 0.25) is 5.65 Å². The molecule has 30 heavy (non-hydrogen) atoms. The number of anilines is 1. The van der Waals surface area contributed by atoms with E-state index in [1.54, 1.807) is 0 Å². The van der Waals surface area contributed by atoms with Crippen molar-refractivity contribution in [2.45, 2.75) is 25.9 Å². The van der Waals surface area contributed by atoms with E-state index < -0.39 is 18.0 Å². The lowest BCUT2D eigenvalue weighted by Gasteiger charge is -2.39. The number of aromatic nitrogens is 6. The summed E-state index contributed by atoms with van der Waals surface area (Å²) in [5.74, 6) is 0.571. The topological polar surface area (TPSA) is 139 Å². The van der Waals surface area contributed by atoms with Crippen molar-refractivity contribution in [3.8, 4) is 11.3 Å². The van der Waals surface area contributed by atoms with Crippen LogP contribution in [0.5, 0.6) is 0 Å². The number of H-pyrrole nitrogens is 2. The van der Waals surface area contributed by atoms with Gasteiger partial charge in [-0.3, -0.25) is 10.2 Å². The molecule has 4 N–H and O–H groups in total. The number of amides is 1. The van der Waals surface area contributed by atoms with Gasteiger partial charge >= 0.3 is 12.3 Å². The average Bonchev–Trinajstić information content (AvgIpc) is 3.33. The molecule has 4 heterocycles. The first-order valence-electron chi connectivity index (χ1n) is 9.15. The molecule has 0 radical (unpaired) electrons. The van der Waals surface area contributed by atoms with Crippen molar-refractivity contribution in [2.75, 3.05) is 24.6 Å². The second kappa shape index (κ2) is 7.15. The minimum atomic E-state index is -4.59. The second-order valence-electron chi connectivity index (χ2n) is 7.56. The fourth-order valence-electron chi connectivity index (χ4n) is 3.48. The smallest absolute Gasteiger partial charge is 0.433 e. The molecule has 3 aromatic rings. The van der Waals surface area contributed by atoms with Gasteiger partial charge in [-0.05, 0) is 12.8 Å². The van der Waals surface area contributed by atoms with Gasteiger partial charge in [0.05, 0.1) is 30.3 Å². The normalized spacial score (nSPS) is 16.7. The molecule has 1 amide bonds. The van der Waals surface area contributed by atoms with Crippen LogP contribution in [0.15, 0.2) is 12.4 Å². The van der Waals surface area contributed by atoms with Crippen molar-refractivity contribution < 1.29 is 22.7 Å². The van der Waals surface area contributed by atoms with Gasteiger partial charge in [0.1, 0.15) is 17.0 Å². The van der Waals surface area contributed by atoms with E-state index in [-0.39, 0.29) is 34.4 Å². The number of nitrogens with zero attached hydrogens (tertiary/aromatic N) is 5. The molecule has 1 aliphatic heterocycles. The van der Waals surface area contributed by atoms with Crippen LogP contribution in [0.1, 0.15) is 25.5 Å². The van der Waals surface area contributed by atoms with Gasteiger partial charge in [-0.2, -0.15) is 23.4 Å². The van der Waals surface area contributed by atoms with Crippen molar-refractivity contribution in [2.24, 2.45) is 11.1 Å². The number of carbonyl (C=O) groups is 1. The summed E-state index contributed by atoms with van der Waals surface area (Å²) in [4.78, 5) is 21.6. The van der Waals surface area contributed by atoms with Gasteiger partial charge in [-0.25, -0.2) is 14.8 Å². The number of nitrogens with one attached hydrogen (secondary N) is 2. The molecule has 0 bridgehead atoms. The Morgan fingerprint density at radius 2 is 2.03 bits per heavy atom. The molecule has 1 fully saturated rings. The van der Waals surface area contributed by atoms with Gasteiger partial charge in [0.15, 0.2) is 0 Å². The maximum atomic E-state index is 13.2. The number of hydrogen-bond acceptors (Lipinski definition) is 7. The van der Waals surface area contributed by atoms with Gasteiger partial charge < -0.3 is 15.4 Å². The summed E-state index contributed by atoms with van der Waals surface area (Å²) in [6, 6.07) is 0. The third-order valence-electron chi connectivity index (χ3n) is 5.30. The number of carbonyl (C=O) groups excluding carboxylic acids is 1. The second-order valence-corrected chi connectivity index (χ2v) is 7.56. The SMILES string of the molecule is CC1(COC(N)=O)CCN(c2cnc3c(-c4cn[nH]c4C(F)(F)F)[nH]nc3n2)CC1. The predicted molar refractivity (Wildman–Crippen MR) is 99.4 cm³/mol. The lowest BCUT2D eigenvalue weighted by Crippen LogP contribution is -2.42. The maximum Gasteiger partial charge on any atom is 0.433 e. The standard InChI is InChI=1S/C17H19F3N8O2/c1-16(8-30-15(21)29)2-4-28(5-3-16)10-7-22-12-11(25-27-14(12)24-10)9-6-23-26-13(9)17(18,19)20/h6-7H,2-5,8H2,1H3,(H2,21,29)(H,23,26)(H,24,25,27). The molecule has 0 saturated carbocycles. The van der Waals surface area contributed by atoms with E-state index in [0.717, 1.165) is 19.0 Å². The zero-order chi connectivity index (χ0) is 21.5. The van der Waals surface area contributed by atoms with E-state index in [1.165, 1.54) is 6.20 Å². The van der Waals surface area contributed by atoms with Crippen molar-refractivity contribution >= 4 is 23.1 Å². The Morgan fingerprint density at radius 3 is 2.70 bits per heavy atom. The summed E-state index contributed by atoms with van der Waals surface area (Å²) in [6.07, 6.45) is -1.31. The lowest BCUT2D eigenvalue weighted by atomic mass is 9.81. The largest absolute Gasteiger partial charge is 0.449 e. The molecule has 0 aliphatic carbocycles. The highest BCUT2D eigenvalue weighted by Gasteiger charge is 2.37. The number of fused-ring (bicyclic) bond motifs is 1. The first-order valence-corrected chi connectivity index (χ1v) is 9.15. The monoisotopic (exact) mass is 424 g/mol. The molecule has 1 aliphatic rings. The number of nitrogens with two attached hydrogens (primary N) is 1. The van der Waals surface area contributed by atoms with Crippen molar-refractivity contribution in [3.63, 3.8) is 0 Å². The summed E-state index contributed by atoms with van der Waals surface area (Å²) < 4.78 is 44.4. The number of ether oxygens (including phenoxy) is 1. The van der Waals surface area contributed by atoms with Crippen LogP contribution >= 0.6 is 0 Å². The van der Waals surface area contributed by atoms with E-state index in [0.29, 0.717) is 18.9 Å². The molecule has 0 atom stereocenters. The molecular formula is C17H19F3N8O2. The van der Waals surface area contributed by atoms with E-state index in [9.17, 15) is 18.0 Å². The number of aromatic amines is 2. The molecule has 3 aromatic heterocycles. The highest BCUT2D eigenvalue weighted by molar-refractivity contribution is 5.88. The maximum absolute atomic E-state index is 13.2. The van der Waals surface area contributed by atoms with Crippen LogP contribution in [0, 0.1) is 5.41 Å². The third-order valence-corrected chi connectivity index (χ3v) is 5.30. The average molecular weight is 424 g/mol. The van der Waals surface area contributed by atoms with Crippen LogP contribution in [-0.4, -0.2) is 56.2 Å². The van der Waals surface area contributed by atoms with E-state index in [1.807, 2.05) is 16.9 Å². The fraction of sp³-hybridized carbons (Fsp3) is 0.471. The summed E-state index contributed by atoms with van der Waals surface area (Å²) in [5, 5.41) is 12.1. The van der Waals surface area contributed by atoms with Crippen LogP contribution in [0.2, 0.25) is 0 Å². The minimum absolute atomic E-state index is 0.0972. The third kappa shape index (κ3) is 3.74. The van der Waals surface area contributed by atoms with Gasteiger partial charge in [-0.15, -0.1) is 0 Å². The molecule has 1 saturated heterocycles. The molecule has 0 aromatic carbocycles. The number of hydrogen-bond donors (Lipinski definition) is 3. The van der Waals surface area contributed by atoms with Crippen LogP contribution in [-0.2, 0) is 10.9 Å². The first-order chi connectivity index (χ1) is 14.2. The van der Waals surface area contributed by atoms with Crippen molar-refractivity contribution in [3.05, 3.63) is 18.1 Å². The van der Waals surface area contributed by atoms with Crippen LogP contribution in [0.3, 0.4) is 0 Å². The van der Waals surface area contributed by atoms with E-state index in [4.69, 9.17) is 10.5 Å². The number of halogens is 3. The molecule has 4 rings (SSSR count). The Balaban J connectivity index is 1.54. The molecule has 0 spiro atoms. The van der Waals surface area contributed by atoms with Gasteiger partial charge in [-0.1, -0.05) is 6.92 Å². The Morgan fingerprint density at radius 1 is 1.30 bits per heavy atom. The van der Waals surface area contributed by atoms with Gasteiger partial charge in [0, 0.05) is 18.5 Å². The number of primary amides is 1. The highest BCUT2D eigenvalue weighted by atomic mass is 19.4. The minimum Gasteiger partial charge on any atom is -0.449 e. The summed E-state index contributed by atoms with van der Waals surface area (Å²) in [6.45, 7) is 3.56. The van der Waals surface area contributed by atoms with Crippen molar-refractivity contribution in [1.82, 2.24) is 30.4 Å². The summed E-state index contributed by atoms with van der Waals surface area (Å²) >= 11 is 0. The summed E-state index contributed by atoms with van der Waals surface area (Å²) in [7, 11) is 0. The first kappa shape index (κ1) is 19.9. The van der Waals surface area contributed by atoms with Crippen molar-refractivity contribution in [1.29, 1.82) is 0 Å². The Labute approximate surface area is 168 Å². The Bertz CT molecular complexity index is 1070. The number of alkyl halides is 3. The predicted octanol–water partition coefficient (Wildman–Crippen LogP) is 2.46. The Hall–Kier alpha value is -3.38. The zero-order valence-corrected chi connectivity index (χ0v) is 16.0. The molecule has 0 unspecified atom stereocenters. The highest BCUT2D eigenvalue weighted by Crippen LogP contribution is 2.37. The molecule has 10 nitrogen and oxygen atoms in total. The summed E-state index contributed by atoms with van der Waals surface area (Å²) in [5.41, 5.74) is 4.24. The fourth-order valence-corrected chi connectivity index (χ4v) is 3.48. The van der Waals surface area contributed by atoms with E-state index in [2.05, 4.69) is 25.3 Å². The quantitative estimate of drug-likeness (QED) is 0.585. The molecule has 160 valence electrons. The van der Waals surface area contributed by atoms with Crippen LogP contribution in [0.25, 0.3) is 22.4 Å². The lowest BCUT2D eigenvalue weighted by molar-refractivity contribution is -0.140. The molecular weight excluding hydrogens is 405 g/mol. The zero-order valence-electron chi connectivity index (χ0n) is 16.0. The van der Waals surface area contributed by atoms with Gasteiger partial charge in [0.25, 0.3) is 0 Å². The number of rotatable bonds is 4. The Kier molecular flexibility index (Phi) is 4.74. The molecule has 13 heteroatoms. The number of piperidine rings is 1.